The summed E-state index contributed by atoms with van der Waals surface area (Å²) in [5, 5.41) is 3.22. The molecule has 0 aromatic carbocycles. The fourth-order valence-electron chi connectivity index (χ4n) is 0.415. The van der Waals surface area contributed by atoms with Gasteiger partial charge in [0.25, 0.3) is 0 Å². The van der Waals surface area contributed by atoms with E-state index < -0.39 is 0 Å². The highest BCUT2D eigenvalue weighted by Gasteiger charge is 2.11. The van der Waals surface area contributed by atoms with Gasteiger partial charge in [-0.25, -0.2) is 5.43 Å². The van der Waals surface area contributed by atoms with Gasteiger partial charge in [-0.3, -0.25) is 11.2 Å². The van der Waals surface area contributed by atoms with Crippen LogP contribution in [0.4, 0.5) is 0 Å². The average Bonchev–Trinajstić information content (AvgIpc) is 1.84. The van der Waals surface area contributed by atoms with E-state index in [1.165, 1.54) is 0 Å². The van der Waals surface area contributed by atoms with Crippen molar-refractivity contribution in [2.75, 3.05) is 6.67 Å². The van der Waals surface area contributed by atoms with Gasteiger partial charge in [0, 0.05) is 5.54 Å². The molecule has 0 bridgehead atoms. The van der Waals surface area contributed by atoms with Crippen LogP contribution in [0.15, 0.2) is 0 Å². The zero-order chi connectivity index (χ0) is 7.33. The minimum atomic E-state index is 0.201. The van der Waals surface area contributed by atoms with Crippen LogP contribution in [0.5, 0.6) is 0 Å². The van der Waals surface area contributed by atoms with Crippen molar-refractivity contribution in [2.24, 2.45) is 5.84 Å². The molecule has 56 valence electrons. The van der Waals surface area contributed by atoms with E-state index in [0.29, 0.717) is 6.67 Å². The fraction of sp³-hybridized carbons (Fsp3) is 1.00. The molecule has 0 aromatic rings. The summed E-state index contributed by atoms with van der Waals surface area (Å²) in [4.78, 5) is 0. The van der Waals surface area contributed by atoms with Crippen LogP contribution in [0.25, 0.3) is 0 Å². The fourth-order valence-corrected chi connectivity index (χ4v) is 0.415. The minimum absolute atomic E-state index is 0.201. The van der Waals surface area contributed by atoms with Crippen molar-refractivity contribution in [3.05, 3.63) is 0 Å². The summed E-state index contributed by atoms with van der Waals surface area (Å²) in [6, 6.07) is 0. The summed E-state index contributed by atoms with van der Waals surface area (Å²) < 4.78 is 0. The molecule has 0 aliphatic carbocycles. The molecule has 0 aliphatic rings. The highest BCUT2D eigenvalue weighted by atomic mass is 15.3. The Balaban J connectivity index is 3.33. The van der Waals surface area contributed by atoms with Gasteiger partial charge in [0.05, 0.1) is 6.67 Å². The van der Waals surface area contributed by atoms with Crippen molar-refractivity contribution >= 4 is 0 Å². The van der Waals surface area contributed by atoms with E-state index >= 15 is 0 Å². The first kappa shape index (κ1) is 8.88. The molecule has 0 saturated carbocycles. The van der Waals surface area contributed by atoms with Gasteiger partial charge < -0.3 is 0 Å². The molecule has 0 spiro atoms. The standard InChI is InChI=1S/C6H17N3/c1-4-6(2,3)8-5-9-7/h8-9H,4-5,7H2,1-3H3. The first-order valence-electron chi connectivity index (χ1n) is 3.31. The maximum atomic E-state index is 5.08. The molecular formula is C6H17N3. The van der Waals surface area contributed by atoms with Crippen molar-refractivity contribution < 1.29 is 0 Å². The van der Waals surface area contributed by atoms with E-state index in [-0.39, 0.29) is 5.54 Å². The predicted molar refractivity (Wildman–Crippen MR) is 39.7 cm³/mol. The van der Waals surface area contributed by atoms with Gasteiger partial charge in [-0.15, -0.1) is 0 Å². The largest absolute Gasteiger partial charge is 0.298 e. The number of rotatable bonds is 4. The molecule has 0 aliphatic heterocycles. The molecule has 3 heteroatoms. The van der Waals surface area contributed by atoms with Crippen LogP contribution >= 0.6 is 0 Å². The molecule has 0 rings (SSSR count). The van der Waals surface area contributed by atoms with Gasteiger partial charge in [-0.1, -0.05) is 6.92 Å². The Morgan fingerprint density at radius 3 is 2.33 bits per heavy atom. The molecule has 0 heterocycles. The third-order valence-electron chi connectivity index (χ3n) is 1.55. The first-order valence-corrected chi connectivity index (χ1v) is 3.31. The van der Waals surface area contributed by atoms with Crippen molar-refractivity contribution in [3.8, 4) is 0 Å². The molecule has 0 amide bonds. The molecule has 0 saturated heterocycles. The lowest BCUT2D eigenvalue weighted by molar-refractivity contribution is 0.363. The van der Waals surface area contributed by atoms with Crippen molar-refractivity contribution in [1.82, 2.24) is 10.7 Å². The van der Waals surface area contributed by atoms with E-state index in [1.807, 2.05) is 0 Å². The maximum Gasteiger partial charge on any atom is 0.0591 e. The summed E-state index contributed by atoms with van der Waals surface area (Å²) >= 11 is 0. The summed E-state index contributed by atoms with van der Waals surface area (Å²) in [5.74, 6) is 5.08. The summed E-state index contributed by atoms with van der Waals surface area (Å²) in [5.41, 5.74) is 2.75. The molecule has 0 unspecified atom stereocenters. The highest BCUT2D eigenvalue weighted by Crippen LogP contribution is 2.04. The smallest absolute Gasteiger partial charge is 0.0591 e. The number of hydrogen-bond acceptors (Lipinski definition) is 3. The Hall–Kier alpha value is -0.120. The Morgan fingerprint density at radius 2 is 2.00 bits per heavy atom. The van der Waals surface area contributed by atoms with Crippen LogP contribution in [0.1, 0.15) is 27.2 Å². The number of hydrogen-bond donors (Lipinski definition) is 3. The van der Waals surface area contributed by atoms with E-state index in [9.17, 15) is 0 Å². The third kappa shape index (κ3) is 4.39. The lowest BCUT2D eigenvalue weighted by Crippen LogP contribution is -2.45. The summed E-state index contributed by atoms with van der Waals surface area (Å²) in [6.07, 6.45) is 1.11. The van der Waals surface area contributed by atoms with Gasteiger partial charge in [0.1, 0.15) is 0 Å². The van der Waals surface area contributed by atoms with Crippen LogP contribution in [0.2, 0.25) is 0 Å². The van der Waals surface area contributed by atoms with Crippen LogP contribution in [-0.4, -0.2) is 12.2 Å². The number of nitrogens with one attached hydrogen (secondary N) is 2. The van der Waals surface area contributed by atoms with Crippen LogP contribution in [-0.2, 0) is 0 Å². The second kappa shape index (κ2) is 3.82. The summed E-state index contributed by atoms with van der Waals surface area (Å²) in [6.45, 7) is 7.10. The average molecular weight is 131 g/mol. The highest BCUT2D eigenvalue weighted by molar-refractivity contribution is 4.73. The molecule has 4 N–H and O–H groups in total. The Morgan fingerprint density at radius 1 is 1.44 bits per heavy atom. The van der Waals surface area contributed by atoms with Crippen molar-refractivity contribution in [1.29, 1.82) is 0 Å². The molecular weight excluding hydrogens is 114 g/mol. The second-order valence-corrected chi connectivity index (χ2v) is 2.80. The second-order valence-electron chi connectivity index (χ2n) is 2.80. The van der Waals surface area contributed by atoms with E-state index in [1.54, 1.807) is 0 Å². The molecule has 9 heavy (non-hydrogen) atoms. The molecule has 0 fully saturated rings. The monoisotopic (exact) mass is 131 g/mol. The Bertz CT molecular complexity index is 70.7. The van der Waals surface area contributed by atoms with E-state index in [2.05, 4.69) is 31.5 Å². The lowest BCUT2D eigenvalue weighted by atomic mass is 10.0. The molecule has 0 atom stereocenters. The predicted octanol–water partition coefficient (Wildman–Crippen LogP) is 0.185. The first-order chi connectivity index (χ1) is 4.12. The van der Waals surface area contributed by atoms with Crippen LogP contribution in [0, 0.1) is 0 Å². The topological polar surface area (TPSA) is 50.1 Å². The van der Waals surface area contributed by atoms with Gasteiger partial charge in [0.2, 0.25) is 0 Å². The van der Waals surface area contributed by atoms with Gasteiger partial charge in [0.15, 0.2) is 0 Å². The zero-order valence-electron chi connectivity index (χ0n) is 6.49. The van der Waals surface area contributed by atoms with Crippen molar-refractivity contribution in [2.45, 2.75) is 32.7 Å². The Kier molecular flexibility index (Phi) is 3.77. The number of hydrazine groups is 1. The van der Waals surface area contributed by atoms with Gasteiger partial charge >= 0.3 is 0 Å². The lowest BCUT2D eigenvalue weighted by Gasteiger charge is -2.23. The third-order valence-corrected chi connectivity index (χ3v) is 1.55. The number of nitrogens with two attached hydrogens (primary N) is 1. The summed E-state index contributed by atoms with van der Waals surface area (Å²) in [7, 11) is 0. The van der Waals surface area contributed by atoms with E-state index in [0.717, 1.165) is 6.42 Å². The minimum Gasteiger partial charge on any atom is -0.298 e. The van der Waals surface area contributed by atoms with Crippen LogP contribution < -0.4 is 16.6 Å². The van der Waals surface area contributed by atoms with Crippen molar-refractivity contribution in [3.63, 3.8) is 0 Å². The SMILES string of the molecule is CCC(C)(C)NCNN. The quantitative estimate of drug-likeness (QED) is 0.290. The molecule has 0 aromatic heterocycles. The maximum absolute atomic E-state index is 5.08. The molecule has 0 radical (unpaired) electrons. The van der Waals surface area contributed by atoms with Gasteiger partial charge in [-0.05, 0) is 20.3 Å². The normalized spacial score (nSPS) is 12.0. The zero-order valence-corrected chi connectivity index (χ0v) is 6.49. The Labute approximate surface area is 57.0 Å². The molecule has 3 nitrogen and oxygen atoms in total. The van der Waals surface area contributed by atoms with E-state index in [4.69, 9.17) is 5.84 Å². The van der Waals surface area contributed by atoms with Crippen LogP contribution in [0.3, 0.4) is 0 Å². The van der Waals surface area contributed by atoms with Gasteiger partial charge in [-0.2, -0.15) is 0 Å².